The highest BCUT2D eigenvalue weighted by atomic mass is 16.1. The Morgan fingerprint density at radius 3 is 2.53 bits per heavy atom. The van der Waals surface area contributed by atoms with Crippen molar-refractivity contribution in [3.05, 3.63) is 65.4 Å². The molecule has 8 nitrogen and oxygen atoms in total. The normalized spacial score (nSPS) is 15.7. The van der Waals surface area contributed by atoms with E-state index in [-0.39, 0.29) is 6.04 Å². The Morgan fingerprint density at radius 1 is 1.21 bits per heavy atom. The number of nitrogens with two attached hydrogens (primary N) is 1. The number of aryl methyl sites for hydroxylation is 1. The molecular formula is C26H29N7O. The second-order valence-corrected chi connectivity index (χ2v) is 8.69. The van der Waals surface area contributed by atoms with Crippen LogP contribution in [0.25, 0.3) is 22.2 Å². The first kappa shape index (κ1) is 23.2. The van der Waals surface area contributed by atoms with Crippen molar-refractivity contribution in [2.45, 2.75) is 25.8 Å². The number of aliphatic imine (C=N–C) groups is 1. The molecule has 0 atom stereocenters. The lowest BCUT2D eigenvalue weighted by Gasteiger charge is -2.34. The number of rotatable bonds is 4. The molecule has 1 saturated heterocycles. The molecule has 1 fully saturated rings. The van der Waals surface area contributed by atoms with E-state index in [4.69, 9.17) is 10.7 Å². The van der Waals surface area contributed by atoms with Crippen molar-refractivity contribution in [2.75, 3.05) is 20.1 Å². The van der Waals surface area contributed by atoms with E-state index in [1.807, 2.05) is 44.4 Å². The smallest absolute Gasteiger partial charge is 0.216 e. The fourth-order valence-electron chi connectivity index (χ4n) is 4.21. The molecule has 0 spiro atoms. The highest BCUT2D eigenvalue weighted by Gasteiger charge is 2.23. The number of piperidine rings is 1. The Kier molecular flexibility index (Phi) is 6.75. The van der Waals surface area contributed by atoms with Crippen molar-refractivity contribution >= 4 is 34.5 Å². The van der Waals surface area contributed by atoms with E-state index in [0.29, 0.717) is 11.5 Å². The van der Waals surface area contributed by atoms with Crippen molar-refractivity contribution in [2.24, 2.45) is 17.8 Å². The molecule has 4 rings (SSSR count). The summed E-state index contributed by atoms with van der Waals surface area (Å²) in [5.74, 6) is 0.586. The molecule has 1 aliphatic heterocycles. The lowest BCUT2D eigenvalue weighted by molar-refractivity contribution is -0.114. The Hall–Kier alpha value is -3.96. The Morgan fingerprint density at radius 2 is 1.88 bits per heavy atom. The maximum Gasteiger partial charge on any atom is 0.216 e. The molecule has 1 aromatic heterocycles. The van der Waals surface area contributed by atoms with Crippen LogP contribution in [-0.4, -0.2) is 58.1 Å². The predicted molar refractivity (Wildman–Crippen MR) is 134 cm³/mol. The van der Waals surface area contributed by atoms with Crippen LogP contribution in [0.3, 0.4) is 0 Å². The average molecular weight is 456 g/mol. The van der Waals surface area contributed by atoms with Gasteiger partial charge in [-0.3, -0.25) is 14.4 Å². The molecule has 8 heteroatoms. The molecule has 174 valence electrons. The standard InChI is InChI=1S/C26H29N7O/c1-18(21-8-9-24-22(14-21)16-32(3)30-24)25(20-6-4-19(15-27)5-7-20)29-26(31(2)17-34)33-12-10-23(28)11-13-33/h4-9,14,16-17,23H,10-13,28H2,1-3H3/b25-18+,29-26?. The maximum absolute atomic E-state index is 11.8. The van der Waals surface area contributed by atoms with Crippen molar-refractivity contribution in [1.29, 1.82) is 5.26 Å². The van der Waals surface area contributed by atoms with E-state index < -0.39 is 0 Å². The number of carbonyl (C=O) groups is 1. The van der Waals surface area contributed by atoms with E-state index >= 15 is 0 Å². The zero-order chi connectivity index (χ0) is 24.2. The van der Waals surface area contributed by atoms with Gasteiger partial charge >= 0.3 is 0 Å². The lowest BCUT2D eigenvalue weighted by Crippen LogP contribution is -2.48. The second-order valence-electron chi connectivity index (χ2n) is 8.69. The van der Waals surface area contributed by atoms with Crippen LogP contribution in [0.15, 0.2) is 53.7 Å². The van der Waals surface area contributed by atoms with Crippen LogP contribution in [0, 0.1) is 11.3 Å². The molecule has 0 unspecified atom stereocenters. The van der Waals surface area contributed by atoms with Gasteiger partial charge < -0.3 is 10.6 Å². The number of benzene rings is 2. The van der Waals surface area contributed by atoms with Crippen molar-refractivity contribution in [1.82, 2.24) is 19.6 Å². The summed E-state index contributed by atoms with van der Waals surface area (Å²) in [6.45, 7) is 3.50. The van der Waals surface area contributed by atoms with Gasteiger partial charge in [-0.25, -0.2) is 4.99 Å². The topological polar surface area (TPSA) is 104 Å². The summed E-state index contributed by atoms with van der Waals surface area (Å²) in [7, 11) is 3.62. The predicted octanol–water partition coefficient (Wildman–Crippen LogP) is 3.20. The number of carbonyl (C=O) groups excluding carboxylic acids is 1. The minimum absolute atomic E-state index is 0.167. The van der Waals surface area contributed by atoms with Crippen LogP contribution in [0.1, 0.15) is 36.5 Å². The number of likely N-dealkylation sites (tertiary alicyclic amines) is 1. The van der Waals surface area contributed by atoms with Crippen LogP contribution < -0.4 is 5.73 Å². The SMILES string of the molecule is C/C(=C(\N=C(N(C)C=O)N1CCC(N)CC1)c1ccc(C#N)cc1)c1ccc2nn(C)cc2c1. The number of nitrogens with zero attached hydrogens (tertiary/aromatic N) is 6. The summed E-state index contributed by atoms with van der Waals surface area (Å²) < 4.78 is 1.80. The monoisotopic (exact) mass is 455 g/mol. The first-order valence-corrected chi connectivity index (χ1v) is 11.3. The first-order chi connectivity index (χ1) is 16.4. The van der Waals surface area contributed by atoms with Gasteiger partial charge in [-0.2, -0.15) is 10.4 Å². The van der Waals surface area contributed by atoms with Crippen LogP contribution in [0.4, 0.5) is 0 Å². The van der Waals surface area contributed by atoms with E-state index in [0.717, 1.165) is 65.6 Å². The van der Waals surface area contributed by atoms with Gasteiger partial charge in [0.15, 0.2) is 0 Å². The summed E-state index contributed by atoms with van der Waals surface area (Å²) in [6.07, 6.45) is 4.46. The molecule has 0 saturated carbocycles. The van der Waals surface area contributed by atoms with Crippen molar-refractivity contribution in [3.8, 4) is 6.07 Å². The van der Waals surface area contributed by atoms with Gasteiger partial charge in [0, 0.05) is 50.4 Å². The quantitative estimate of drug-likeness (QED) is 0.282. The average Bonchev–Trinajstić information content (AvgIpc) is 3.24. The van der Waals surface area contributed by atoms with Gasteiger partial charge in [0.25, 0.3) is 0 Å². The van der Waals surface area contributed by atoms with E-state index in [1.165, 1.54) is 4.90 Å². The number of allylic oxidation sites excluding steroid dienone is 1. The van der Waals surface area contributed by atoms with Crippen molar-refractivity contribution < 1.29 is 4.79 Å². The molecule has 0 radical (unpaired) electrons. The van der Waals surface area contributed by atoms with Crippen LogP contribution in [0.5, 0.6) is 0 Å². The Labute approximate surface area is 199 Å². The third kappa shape index (κ3) is 4.85. The highest BCUT2D eigenvalue weighted by molar-refractivity contribution is 5.99. The largest absolute Gasteiger partial charge is 0.342 e. The minimum Gasteiger partial charge on any atom is -0.342 e. The molecule has 2 heterocycles. The zero-order valence-corrected chi connectivity index (χ0v) is 19.8. The summed E-state index contributed by atoms with van der Waals surface area (Å²) in [6, 6.07) is 15.8. The summed E-state index contributed by atoms with van der Waals surface area (Å²) in [5, 5.41) is 14.7. The molecule has 2 aromatic carbocycles. The van der Waals surface area contributed by atoms with Gasteiger partial charge in [-0.15, -0.1) is 0 Å². The van der Waals surface area contributed by atoms with E-state index in [9.17, 15) is 10.1 Å². The number of hydrogen-bond acceptors (Lipinski definition) is 5. The third-order valence-corrected chi connectivity index (χ3v) is 6.20. The lowest BCUT2D eigenvalue weighted by atomic mass is 9.99. The molecule has 2 N–H and O–H groups in total. The fourth-order valence-corrected chi connectivity index (χ4v) is 4.21. The molecule has 1 aliphatic rings. The molecule has 1 amide bonds. The van der Waals surface area contributed by atoms with Crippen molar-refractivity contribution in [3.63, 3.8) is 0 Å². The fraction of sp³-hybridized carbons (Fsp3) is 0.308. The number of fused-ring (bicyclic) bond motifs is 1. The zero-order valence-electron chi connectivity index (χ0n) is 19.8. The van der Waals surface area contributed by atoms with Gasteiger partial charge in [0.2, 0.25) is 12.4 Å². The Balaban J connectivity index is 1.87. The number of amides is 1. The first-order valence-electron chi connectivity index (χ1n) is 11.3. The second kappa shape index (κ2) is 9.89. The number of hydrogen-bond donors (Lipinski definition) is 1. The molecule has 0 aliphatic carbocycles. The number of aromatic nitrogens is 2. The van der Waals surface area contributed by atoms with E-state index in [2.05, 4.69) is 22.1 Å². The minimum atomic E-state index is 0.167. The highest BCUT2D eigenvalue weighted by Crippen LogP contribution is 2.30. The molecule has 3 aromatic rings. The Bertz CT molecular complexity index is 1290. The van der Waals surface area contributed by atoms with Gasteiger partial charge in [-0.1, -0.05) is 18.2 Å². The molecular weight excluding hydrogens is 426 g/mol. The van der Waals surface area contributed by atoms with Gasteiger partial charge in [0.1, 0.15) is 0 Å². The third-order valence-electron chi connectivity index (χ3n) is 6.20. The van der Waals surface area contributed by atoms with Crippen LogP contribution in [0.2, 0.25) is 0 Å². The molecule has 0 bridgehead atoms. The summed E-state index contributed by atoms with van der Waals surface area (Å²) in [5.41, 5.74) is 11.2. The summed E-state index contributed by atoms with van der Waals surface area (Å²) >= 11 is 0. The van der Waals surface area contributed by atoms with Crippen LogP contribution in [-0.2, 0) is 11.8 Å². The van der Waals surface area contributed by atoms with E-state index in [1.54, 1.807) is 23.9 Å². The van der Waals surface area contributed by atoms with Gasteiger partial charge in [0.05, 0.1) is 22.8 Å². The summed E-state index contributed by atoms with van der Waals surface area (Å²) in [4.78, 5) is 20.5. The molecule has 34 heavy (non-hydrogen) atoms. The van der Waals surface area contributed by atoms with Crippen LogP contribution >= 0.6 is 0 Å². The number of guanidine groups is 1. The number of nitriles is 1. The van der Waals surface area contributed by atoms with Gasteiger partial charge in [-0.05, 0) is 55.2 Å². The maximum atomic E-state index is 11.8.